The first-order valence-electron chi connectivity index (χ1n) is 6.20. The highest BCUT2D eigenvalue weighted by molar-refractivity contribution is 5.77. The SMILES string of the molecule is O=C(O)[C@@]12CC[C@H]1CN(Cc1ccccc1)C2. The summed E-state index contributed by atoms with van der Waals surface area (Å²) in [5.41, 5.74) is 0.851. The second-order valence-corrected chi connectivity index (χ2v) is 5.35. The van der Waals surface area contributed by atoms with Crippen LogP contribution in [0.5, 0.6) is 0 Å². The molecule has 17 heavy (non-hydrogen) atoms. The molecule has 0 radical (unpaired) electrons. The van der Waals surface area contributed by atoms with Gasteiger partial charge in [0.15, 0.2) is 0 Å². The van der Waals surface area contributed by atoms with E-state index in [1.807, 2.05) is 18.2 Å². The summed E-state index contributed by atoms with van der Waals surface area (Å²) >= 11 is 0. The summed E-state index contributed by atoms with van der Waals surface area (Å²) in [6.07, 6.45) is 1.94. The molecule has 2 aliphatic rings. The minimum absolute atomic E-state index is 0.378. The van der Waals surface area contributed by atoms with E-state index < -0.39 is 11.4 Å². The van der Waals surface area contributed by atoms with Gasteiger partial charge in [-0.15, -0.1) is 0 Å². The summed E-state index contributed by atoms with van der Waals surface area (Å²) in [5.74, 6) is -0.215. The molecule has 1 aliphatic carbocycles. The fourth-order valence-electron chi connectivity index (χ4n) is 3.26. The van der Waals surface area contributed by atoms with Crippen molar-refractivity contribution in [1.82, 2.24) is 4.90 Å². The average molecular weight is 231 g/mol. The highest BCUT2D eigenvalue weighted by Gasteiger charge is 2.57. The zero-order chi connectivity index (χ0) is 11.9. The van der Waals surface area contributed by atoms with Crippen LogP contribution in [-0.2, 0) is 11.3 Å². The van der Waals surface area contributed by atoms with Gasteiger partial charge in [0.1, 0.15) is 0 Å². The molecule has 3 rings (SSSR count). The second-order valence-electron chi connectivity index (χ2n) is 5.35. The Hall–Kier alpha value is -1.35. The van der Waals surface area contributed by atoms with Crippen LogP contribution in [-0.4, -0.2) is 29.1 Å². The number of hydrogen-bond acceptors (Lipinski definition) is 2. The number of fused-ring (bicyclic) bond motifs is 1. The third-order valence-electron chi connectivity index (χ3n) is 4.38. The fraction of sp³-hybridized carbons (Fsp3) is 0.500. The molecule has 1 aromatic rings. The number of benzene rings is 1. The highest BCUT2D eigenvalue weighted by atomic mass is 16.4. The van der Waals surface area contributed by atoms with Gasteiger partial charge in [0.05, 0.1) is 5.41 Å². The predicted molar refractivity (Wildman–Crippen MR) is 64.5 cm³/mol. The van der Waals surface area contributed by atoms with Crippen LogP contribution in [0.4, 0.5) is 0 Å². The van der Waals surface area contributed by atoms with Crippen LogP contribution in [0.25, 0.3) is 0 Å². The van der Waals surface area contributed by atoms with Crippen LogP contribution in [0, 0.1) is 11.3 Å². The van der Waals surface area contributed by atoms with Crippen LogP contribution < -0.4 is 0 Å². The maximum Gasteiger partial charge on any atom is 0.311 e. The third kappa shape index (κ3) is 1.65. The molecule has 90 valence electrons. The van der Waals surface area contributed by atoms with Crippen LogP contribution in [0.3, 0.4) is 0 Å². The van der Waals surface area contributed by atoms with Gasteiger partial charge in [-0.2, -0.15) is 0 Å². The van der Waals surface area contributed by atoms with Crippen LogP contribution in [0.2, 0.25) is 0 Å². The number of hydrogen-bond donors (Lipinski definition) is 1. The van der Waals surface area contributed by atoms with E-state index in [1.165, 1.54) is 5.56 Å². The van der Waals surface area contributed by atoms with Gasteiger partial charge in [-0.25, -0.2) is 0 Å². The second kappa shape index (κ2) is 3.84. The van der Waals surface area contributed by atoms with Gasteiger partial charge in [-0.3, -0.25) is 9.69 Å². The fourth-order valence-corrected chi connectivity index (χ4v) is 3.26. The van der Waals surface area contributed by atoms with Gasteiger partial charge in [0.2, 0.25) is 0 Å². The molecule has 0 bridgehead atoms. The average Bonchev–Trinajstić information content (AvgIpc) is 2.54. The standard InChI is InChI=1S/C14H17NO2/c16-13(17)14-7-6-12(14)9-15(10-14)8-11-4-2-1-3-5-11/h1-5,12H,6-10H2,(H,16,17)/t12-,14+/m0/s1. The van der Waals surface area contributed by atoms with Crippen molar-refractivity contribution in [3.63, 3.8) is 0 Å². The van der Waals surface area contributed by atoms with Crippen molar-refractivity contribution < 1.29 is 9.90 Å². The number of likely N-dealkylation sites (tertiary alicyclic amines) is 1. The normalized spacial score (nSPS) is 31.9. The molecule has 3 heteroatoms. The van der Waals surface area contributed by atoms with Crippen molar-refractivity contribution in [2.45, 2.75) is 19.4 Å². The van der Waals surface area contributed by atoms with E-state index in [1.54, 1.807) is 0 Å². The van der Waals surface area contributed by atoms with E-state index in [-0.39, 0.29) is 0 Å². The molecular weight excluding hydrogens is 214 g/mol. The van der Waals surface area contributed by atoms with Crippen molar-refractivity contribution >= 4 is 5.97 Å². The summed E-state index contributed by atoms with van der Waals surface area (Å²) in [4.78, 5) is 13.6. The lowest BCUT2D eigenvalue weighted by Gasteiger charge is -2.39. The Morgan fingerprint density at radius 2 is 2.18 bits per heavy atom. The molecule has 0 amide bonds. The van der Waals surface area contributed by atoms with E-state index >= 15 is 0 Å². The first-order valence-corrected chi connectivity index (χ1v) is 6.20. The molecule has 0 aromatic heterocycles. The Morgan fingerprint density at radius 1 is 1.41 bits per heavy atom. The van der Waals surface area contributed by atoms with Crippen molar-refractivity contribution in [2.75, 3.05) is 13.1 Å². The number of carboxylic acid groups (broad SMARTS) is 1. The molecule has 1 aromatic carbocycles. The largest absolute Gasteiger partial charge is 0.481 e. The van der Waals surface area contributed by atoms with E-state index in [4.69, 9.17) is 0 Å². The van der Waals surface area contributed by atoms with Gasteiger partial charge < -0.3 is 5.11 Å². The molecule has 1 N–H and O–H groups in total. The molecule has 1 saturated heterocycles. The highest BCUT2D eigenvalue weighted by Crippen LogP contribution is 2.52. The first-order chi connectivity index (χ1) is 8.21. The number of rotatable bonds is 3. The predicted octanol–water partition coefficient (Wildman–Crippen LogP) is 1.98. The summed E-state index contributed by atoms with van der Waals surface area (Å²) in [5, 5.41) is 9.35. The quantitative estimate of drug-likeness (QED) is 0.864. The van der Waals surface area contributed by atoms with Crippen molar-refractivity contribution in [3.05, 3.63) is 35.9 Å². The molecule has 1 aliphatic heterocycles. The third-order valence-corrected chi connectivity index (χ3v) is 4.38. The lowest BCUT2D eigenvalue weighted by Crippen LogP contribution is -2.46. The van der Waals surface area contributed by atoms with E-state index in [2.05, 4.69) is 17.0 Å². The van der Waals surface area contributed by atoms with Gasteiger partial charge in [0.25, 0.3) is 0 Å². The molecule has 0 unspecified atom stereocenters. The summed E-state index contributed by atoms with van der Waals surface area (Å²) in [6, 6.07) is 10.3. The number of carboxylic acids is 1. The van der Waals surface area contributed by atoms with Crippen molar-refractivity contribution in [1.29, 1.82) is 0 Å². The Balaban J connectivity index is 1.70. The van der Waals surface area contributed by atoms with E-state index in [9.17, 15) is 9.90 Å². The lowest BCUT2D eigenvalue weighted by molar-refractivity contribution is -0.156. The lowest BCUT2D eigenvalue weighted by atomic mass is 9.62. The molecular formula is C14H17NO2. The molecule has 0 spiro atoms. The molecule has 1 heterocycles. The maximum atomic E-state index is 11.4. The zero-order valence-corrected chi connectivity index (χ0v) is 9.80. The van der Waals surface area contributed by atoms with Crippen LogP contribution in [0.15, 0.2) is 30.3 Å². The molecule has 1 saturated carbocycles. The smallest absolute Gasteiger partial charge is 0.311 e. The number of aliphatic carboxylic acids is 1. The number of carbonyl (C=O) groups is 1. The Bertz CT molecular complexity index is 431. The minimum Gasteiger partial charge on any atom is -0.481 e. The van der Waals surface area contributed by atoms with Gasteiger partial charge in [-0.1, -0.05) is 30.3 Å². The topological polar surface area (TPSA) is 40.5 Å². The molecule has 2 atom stereocenters. The maximum absolute atomic E-state index is 11.4. The Labute approximate surface area is 101 Å². The number of nitrogens with zero attached hydrogens (tertiary/aromatic N) is 1. The van der Waals surface area contributed by atoms with Gasteiger partial charge in [0, 0.05) is 19.6 Å². The van der Waals surface area contributed by atoms with Gasteiger partial charge in [-0.05, 0) is 24.3 Å². The summed E-state index contributed by atoms with van der Waals surface area (Å²) in [7, 11) is 0. The monoisotopic (exact) mass is 231 g/mol. The van der Waals surface area contributed by atoms with Gasteiger partial charge >= 0.3 is 5.97 Å². The molecule has 3 nitrogen and oxygen atoms in total. The Morgan fingerprint density at radius 3 is 2.71 bits per heavy atom. The van der Waals surface area contributed by atoms with Crippen LogP contribution in [0.1, 0.15) is 18.4 Å². The zero-order valence-electron chi connectivity index (χ0n) is 9.80. The summed E-state index contributed by atoms with van der Waals surface area (Å²) < 4.78 is 0. The van der Waals surface area contributed by atoms with E-state index in [0.29, 0.717) is 5.92 Å². The Kier molecular flexibility index (Phi) is 2.44. The summed E-state index contributed by atoms with van der Waals surface area (Å²) in [6.45, 7) is 2.55. The molecule has 2 fully saturated rings. The minimum atomic E-state index is -0.593. The van der Waals surface area contributed by atoms with E-state index in [0.717, 1.165) is 32.5 Å². The first kappa shape index (κ1) is 10.8. The van der Waals surface area contributed by atoms with Crippen molar-refractivity contribution in [3.8, 4) is 0 Å². The van der Waals surface area contributed by atoms with Crippen molar-refractivity contribution in [2.24, 2.45) is 11.3 Å². The van der Waals surface area contributed by atoms with Crippen LogP contribution >= 0.6 is 0 Å².